The molecule has 0 heterocycles. The third-order valence-corrected chi connectivity index (χ3v) is 3.99. The van der Waals surface area contributed by atoms with E-state index in [4.69, 9.17) is 9.84 Å². The van der Waals surface area contributed by atoms with Crippen LogP contribution in [0.4, 0.5) is 10.1 Å². The van der Waals surface area contributed by atoms with Crippen LogP contribution >= 0.6 is 0 Å². The molecule has 7 heteroatoms. The van der Waals surface area contributed by atoms with Gasteiger partial charge in [0.05, 0.1) is 11.5 Å². The number of rotatable bonds is 6. The molecule has 0 bridgehead atoms. The Balaban J connectivity index is 2.13. The van der Waals surface area contributed by atoms with E-state index < -0.39 is 15.8 Å². The van der Waals surface area contributed by atoms with E-state index >= 15 is 0 Å². The van der Waals surface area contributed by atoms with Gasteiger partial charge in [-0.25, -0.2) is 12.8 Å². The molecule has 0 atom stereocenters. The molecule has 5 nitrogen and oxygen atoms in total. The molecule has 2 aromatic carbocycles. The van der Waals surface area contributed by atoms with Crippen molar-refractivity contribution in [2.75, 3.05) is 17.9 Å². The summed E-state index contributed by atoms with van der Waals surface area (Å²) in [6.45, 7) is 0.0199. The maximum absolute atomic E-state index is 12.8. The summed E-state index contributed by atoms with van der Waals surface area (Å²) in [5.41, 5.74) is 0.275. The fourth-order valence-corrected chi connectivity index (χ4v) is 2.67. The Hall–Kier alpha value is -2.12. The van der Waals surface area contributed by atoms with Crippen LogP contribution in [0.3, 0.4) is 0 Å². The van der Waals surface area contributed by atoms with E-state index in [-0.39, 0.29) is 23.8 Å². The fraction of sp³-hybridized carbons (Fsp3) is 0.143. The normalized spacial score (nSPS) is 11.1. The summed E-state index contributed by atoms with van der Waals surface area (Å²) in [7, 11) is -3.74. The summed E-state index contributed by atoms with van der Waals surface area (Å²) in [6, 6.07) is 10.8. The van der Waals surface area contributed by atoms with Crippen LogP contribution in [-0.2, 0) is 10.0 Å². The van der Waals surface area contributed by atoms with Gasteiger partial charge < -0.3 is 9.84 Å². The maximum atomic E-state index is 12.8. The summed E-state index contributed by atoms with van der Waals surface area (Å²) < 4.78 is 44.5. The first-order valence-corrected chi connectivity index (χ1v) is 7.62. The van der Waals surface area contributed by atoms with Crippen molar-refractivity contribution in [3.05, 3.63) is 54.3 Å². The molecule has 0 aliphatic carbocycles. The van der Waals surface area contributed by atoms with Gasteiger partial charge >= 0.3 is 0 Å². The number of hydrogen-bond donors (Lipinski definition) is 2. The zero-order chi connectivity index (χ0) is 15.3. The van der Waals surface area contributed by atoms with Crippen LogP contribution in [0.1, 0.15) is 0 Å². The third kappa shape index (κ3) is 4.17. The van der Waals surface area contributed by atoms with Gasteiger partial charge in [0.2, 0.25) is 0 Å². The van der Waals surface area contributed by atoms with Crippen molar-refractivity contribution >= 4 is 15.7 Å². The predicted molar refractivity (Wildman–Crippen MR) is 76.2 cm³/mol. The van der Waals surface area contributed by atoms with E-state index in [0.717, 1.165) is 0 Å². The second-order valence-electron chi connectivity index (χ2n) is 4.16. The van der Waals surface area contributed by atoms with Gasteiger partial charge in [-0.15, -0.1) is 0 Å². The van der Waals surface area contributed by atoms with Gasteiger partial charge in [0, 0.05) is 5.69 Å². The zero-order valence-corrected chi connectivity index (χ0v) is 11.8. The summed E-state index contributed by atoms with van der Waals surface area (Å²) in [5.74, 6) is 0.0214. The second kappa shape index (κ2) is 6.55. The molecule has 112 valence electrons. The molecular formula is C14H14FNO4S. The van der Waals surface area contributed by atoms with Crippen molar-refractivity contribution in [2.24, 2.45) is 0 Å². The van der Waals surface area contributed by atoms with E-state index in [0.29, 0.717) is 5.75 Å². The molecule has 2 rings (SSSR count). The number of sulfonamides is 1. The lowest BCUT2D eigenvalue weighted by molar-refractivity contribution is 0.201. The monoisotopic (exact) mass is 311 g/mol. The number of anilines is 1. The minimum absolute atomic E-state index is 0.0585. The molecule has 0 saturated heterocycles. The lowest BCUT2D eigenvalue weighted by atomic mass is 10.3. The minimum Gasteiger partial charge on any atom is -0.491 e. The molecule has 2 aromatic rings. The van der Waals surface area contributed by atoms with E-state index in [1.165, 1.54) is 48.5 Å². The maximum Gasteiger partial charge on any atom is 0.261 e. The van der Waals surface area contributed by atoms with E-state index in [2.05, 4.69) is 4.72 Å². The number of hydrogen-bond acceptors (Lipinski definition) is 4. The van der Waals surface area contributed by atoms with Gasteiger partial charge in [0.1, 0.15) is 18.2 Å². The molecule has 0 saturated carbocycles. The van der Waals surface area contributed by atoms with Crippen molar-refractivity contribution in [1.29, 1.82) is 0 Å². The molecular weight excluding hydrogens is 297 g/mol. The van der Waals surface area contributed by atoms with E-state index in [1.807, 2.05) is 0 Å². The van der Waals surface area contributed by atoms with Crippen molar-refractivity contribution in [3.63, 3.8) is 0 Å². The van der Waals surface area contributed by atoms with Gasteiger partial charge in [-0.2, -0.15) is 0 Å². The summed E-state index contributed by atoms with van der Waals surface area (Å²) >= 11 is 0. The predicted octanol–water partition coefficient (Wildman–Crippen LogP) is 2.00. The molecule has 21 heavy (non-hydrogen) atoms. The van der Waals surface area contributed by atoms with Crippen molar-refractivity contribution < 1.29 is 22.7 Å². The topological polar surface area (TPSA) is 75.6 Å². The highest BCUT2D eigenvalue weighted by Crippen LogP contribution is 2.19. The van der Waals surface area contributed by atoms with E-state index in [9.17, 15) is 12.8 Å². The van der Waals surface area contributed by atoms with Gasteiger partial charge in [-0.1, -0.05) is 0 Å². The second-order valence-corrected chi connectivity index (χ2v) is 5.84. The highest BCUT2D eigenvalue weighted by molar-refractivity contribution is 7.92. The highest BCUT2D eigenvalue weighted by atomic mass is 32.2. The lowest BCUT2D eigenvalue weighted by Crippen LogP contribution is -2.13. The Labute approximate surface area is 122 Å². The lowest BCUT2D eigenvalue weighted by Gasteiger charge is -2.09. The zero-order valence-electron chi connectivity index (χ0n) is 11.0. The van der Waals surface area contributed by atoms with Gasteiger partial charge in [-0.3, -0.25) is 4.72 Å². The molecule has 0 aromatic heterocycles. The Bertz CT molecular complexity index is 684. The number of aliphatic hydroxyl groups is 1. The average Bonchev–Trinajstić information content (AvgIpc) is 2.48. The standard InChI is InChI=1S/C14H14FNO4S/c15-11-1-3-12(4-2-11)16-21(18,19)14-7-5-13(6-8-14)20-10-9-17/h1-8,16-17H,9-10H2. The minimum atomic E-state index is -3.74. The number of ether oxygens (including phenoxy) is 1. The SMILES string of the molecule is O=S(=O)(Nc1ccc(F)cc1)c1ccc(OCCO)cc1. The molecule has 0 radical (unpaired) electrons. The molecule has 0 amide bonds. The third-order valence-electron chi connectivity index (χ3n) is 2.59. The van der Waals surface area contributed by atoms with Crippen molar-refractivity contribution in [3.8, 4) is 5.75 Å². The van der Waals surface area contributed by atoms with E-state index in [1.54, 1.807) is 0 Å². The molecule has 0 spiro atoms. The summed E-state index contributed by atoms with van der Waals surface area (Å²) in [4.78, 5) is 0.0585. The quantitative estimate of drug-likeness (QED) is 0.855. The van der Waals surface area contributed by atoms with Crippen LogP contribution < -0.4 is 9.46 Å². The molecule has 0 fully saturated rings. The Morgan fingerprint density at radius 2 is 1.67 bits per heavy atom. The molecule has 2 N–H and O–H groups in total. The first-order valence-electron chi connectivity index (χ1n) is 6.13. The molecule has 0 unspecified atom stereocenters. The van der Waals surface area contributed by atoms with Gasteiger partial charge in [0.25, 0.3) is 10.0 Å². The number of halogens is 1. The largest absolute Gasteiger partial charge is 0.491 e. The Morgan fingerprint density at radius 3 is 2.24 bits per heavy atom. The Kier molecular flexibility index (Phi) is 4.77. The van der Waals surface area contributed by atoms with Crippen LogP contribution in [0.25, 0.3) is 0 Å². The number of nitrogens with one attached hydrogen (secondary N) is 1. The van der Waals surface area contributed by atoms with Crippen molar-refractivity contribution in [2.45, 2.75) is 4.90 Å². The van der Waals surface area contributed by atoms with Crippen LogP contribution in [0.2, 0.25) is 0 Å². The fourth-order valence-electron chi connectivity index (χ4n) is 1.61. The first-order chi connectivity index (χ1) is 10.0. The van der Waals surface area contributed by atoms with Crippen LogP contribution in [-0.4, -0.2) is 26.7 Å². The summed E-state index contributed by atoms with van der Waals surface area (Å²) in [6.07, 6.45) is 0. The summed E-state index contributed by atoms with van der Waals surface area (Å²) in [5, 5.41) is 8.64. The smallest absolute Gasteiger partial charge is 0.261 e. The van der Waals surface area contributed by atoms with Crippen LogP contribution in [0.15, 0.2) is 53.4 Å². The van der Waals surface area contributed by atoms with Crippen LogP contribution in [0, 0.1) is 5.82 Å². The average molecular weight is 311 g/mol. The number of benzene rings is 2. The first kappa shape index (κ1) is 15.3. The molecule has 0 aliphatic heterocycles. The Morgan fingerprint density at radius 1 is 1.05 bits per heavy atom. The highest BCUT2D eigenvalue weighted by Gasteiger charge is 2.14. The van der Waals surface area contributed by atoms with Gasteiger partial charge in [0.15, 0.2) is 0 Å². The van der Waals surface area contributed by atoms with Gasteiger partial charge in [-0.05, 0) is 48.5 Å². The molecule has 0 aliphatic rings. The van der Waals surface area contributed by atoms with Crippen molar-refractivity contribution in [1.82, 2.24) is 0 Å². The van der Waals surface area contributed by atoms with Crippen LogP contribution in [0.5, 0.6) is 5.75 Å². The number of aliphatic hydroxyl groups excluding tert-OH is 1.